The Morgan fingerprint density at radius 1 is 0.721 bits per heavy atom. The largest absolute Gasteiger partial charge is 0.493 e. The third-order valence-corrected chi connectivity index (χ3v) is 6.88. The van der Waals surface area contributed by atoms with Gasteiger partial charge in [0.2, 0.25) is 11.7 Å². The number of nitrogens with one attached hydrogen (secondary N) is 1. The molecule has 0 bridgehead atoms. The first kappa shape index (κ1) is 30.8. The molecule has 0 aliphatic heterocycles. The molecule has 4 aromatic carbocycles. The first-order valence-corrected chi connectivity index (χ1v) is 13.7. The molecule has 0 saturated heterocycles. The van der Waals surface area contributed by atoms with Crippen LogP contribution in [-0.2, 0) is 20.9 Å². The molecule has 222 valence electrons. The molecule has 43 heavy (non-hydrogen) atoms. The Kier molecular flexibility index (Phi) is 10.5. The second kappa shape index (κ2) is 14.7. The van der Waals surface area contributed by atoms with Gasteiger partial charge in [-0.3, -0.25) is 4.79 Å². The minimum Gasteiger partial charge on any atom is -0.493 e. The zero-order chi connectivity index (χ0) is 30.8. The highest BCUT2D eigenvalue weighted by Gasteiger charge is 2.24. The predicted octanol–water partition coefficient (Wildman–Crippen LogP) is 5.15. The van der Waals surface area contributed by atoms with Gasteiger partial charge < -0.3 is 30.0 Å². The SMILES string of the molecule is COc1cc(CN[C@@H](CCC(N)=O)C(=O)OC(=O)c2ccc(-c3ccc(-c4ccccc4)cc3)cc2)cc(OC)c1OC. The Hall–Kier alpha value is -5.15. The molecule has 3 N–H and O–H groups in total. The van der Waals surface area contributed by atoms with Gasteiger partial charge in [-0.2, -0.15) is 0 Å². The zero-order valence-corrected chi connectivity index (χ0v) is 24.3. The molecule has 0 saturated carbocycles. The molecule has 4 rings (SSSR count). The van der Waals surface area contributed by atoms with Gasteiger partial charge in [0.25, 0.3) is 0 Å². The molecule has 0 aliphatic carbocycles. The van der Waals surface area contributed by atoms with E-state index in [2.05, 4.69) is 17.4 Å². The summed E-state index contributed by atoms with van der Waals surface area (Å²) in [5.41, 5.74) is 10.4. The van der Waals surface area contributed by atoms with Crippen molar-refractivity contribution in [1.29, 1.82) is 0 Å². The van der Waals surface area contributed by atoms with E-state index in [1.807, 2.05) is 42.5 Å². The van der Waals surface area contributed by atoms with Crippen LogP contribution in [0.5, 0.6) is 17.2 Å². The molecule has 1 amide bonds. The number of esters is 2. The van der Waals surface area contributed by atoms with Crippen molar-refractivity contribution in [1.82, 2.24) is 5.32 Å². The number of hydrogen-bond acceptors (Lipinski definition) is 8. The van der Waals surface area contributed by atoms with Crippen LogP contribution in [0.2, 0.25) is 0 Å². The molecule has 1 atom stereocenters. The topological polar surface area (TPSA) is 126 Å². The number of primary amides is 1. The van der Waals surface area contributed by atoms with Gasteiger partial charge in [0.15, 0.2) is 11.5 Å². The summed E-state index contributed by atoms with van der Waals surface area (Å²) in [4.78, 5) is 37.3. The summed E-state index contributed by atoms with van der Waals surface area (Å²) < 4.78 is 21.3. The molecule has 4 aromatic rings. The first-order chi connectivity index (χ1) is 20.8. The average molecular weight is 583 g/mol. The summed E-state index contributed by atoms with van der Waals surface area (Å²) in [6.45, 7) is 0.182. The molecule has 0 aromatic heterocycles. The van der Waals surface area contributed by atoms with Gasteiger partial charge in [0.05, 0.1) is 26.9 Å². The fourth-order valence-electron chi connectivity index (χ4n) is 4.57. The fourth-order valence-corrected chi connectivity index (χ4v) is 4.57. The maximum absolute atomic E-state index is 13.0. The third-order valence-electron chi connectivity index (χ3n) is 6.88. The smallest absolute Gasteiger partial charge is 0.345 e. The fraction of sp³-hybridized carbons (Fsp3) is 0.206. The quantitative estimate of drug-likeness (QED) is 0.164. The minimum absolute atomic E-state index is 0.0454. The van der Waals surface area contributed by atoms with Crippen LogP contribution in [0.3, 0.4) is 0 Å². The van der Waals surface area contributed by atoms with Gasteiger partial charge in [-0.05, 0) is 58.5 Å². The Morgan fingerprint density at radius 2 is 1.23 bits per heavy atom. The Bertz CT molecular complexity index is 1530. The highest BCUT2D eigenvalue weighted by Crippen LogP contribution is 2.38. The van der Waals surface area contributed by atoms with Crippen molar-refractivity contribution >= 4 is 17.8 Å². The van der Waals surface area contributed by atoms with Gasteiger partial charge in [-0.1, -0.05) is 66.7 Å². The second-order valence-corrected chi connectivity index (χ2v) is 9.70. The van der Waals surface area contributed by atoms with E-state index in [1.165, 1.54) is 21.3 Å². The lowest BCUT2D eigenvalue weighted by Crippen LogP contribution is -2.39. The number of hydrogen-bond donors (Lipinski definition) is 2. The van der Waals surface area contributed by atoms with Crippen molar-refractivity contribution in [2.45, 2.75) is 25.4 Å². The lowest BCUT2D eigenvalue weighted by Gasteiger charge is -2.18. The van der Waals surface area contributed by atoms with Crippen LogP contribution in [0.4, 0.5) is 0 Å². The summed E-state index contributed by atoms with van der Waals surface area (Å²) in [6, 6.07) is 27.5. The number of rotatable bonds is 13. The van der Waals surface area contributed by atoms with Crippen LogP contribution in [0, 0.1) is 0 Å². The Balaban J connectivity index is 1.42. The average Bonchev–Trinajstić information content (AvgIpc) is 3.04. The van der Waals surface area contributed by atoms with E-state index in [0.29, 0.717) is 22.8 Å². The molecule has 0 spiro atoms. The lowest BCUT2D eigenvalue weighted by atomic mass is 10.00. The van der Waals surface area contributed by atoms with Gasteiger partial charge in [0, 0.05) is 13.0 Å². The highest BCUT2D eigenvalue weighted by molar-refractivity contribution is 5.98. The van der Waals surface area contributed by atoms with Gasteiger partial charge in [-0.25, -0.2) is 9.59 Å². The summed E-state index contributed by atoms with van der Waals surface area (Å²) in [5, 5.41) is 3.05. The third kappa shape index (κ3) is 7.99. The number of carbonyl (C=O) groups is 3. The van der Waals surface area contributed by atoms with Gasteiger partial charge >= 0.3 is 11.9 Å². The van der Waals surface area contributed by atoms with Gasteiger partial charge in [0.1, 0.15) is 6.04 Å². The number of amides is 1. The van der Waals surface area contributed by atoms with E-state index in [9.17, 15) is 14.4 Å². The summed E-state index contributed by atoms with van der Waals surface area (Å²) in [7, 11) is 4.50. The number of nitrogens with two attached hydrogens (primary N) is 1. The van der Waals surface area contributed by atoms with E-state index < -0.39 is 23.9 Å². The number of benzene rings is 4. The molecule has 0 fully saturated rings. The molecular weight excluding hydrogens is 548 g/mol. The van der Waals surface area contributed by atoms with Crippen molar-refractivity contribution in [2.24, 2.45) is 5.73 Å². The highest BCUT2D eigenvalue weighted by atomic mass is 16.6. The number of methoxy groups -OCH3 is 3. The van der Waals surface area contributed by atoms with E-state index in [4.69, 9.17) is 24.7 Å². The number of ether oxygens (including phenoxy) is 4. The molecule has 9 heteroatoms. The van der Waals surface area contributed by atoms with E-state index >= 15 is 0 Å². The first-order valence-electron chi connectivity index (χ1n) is 13.7. The van der Waals surface area contributed by atoms with Crippen LogP contribution in [-0.4, -0.2) is 45.2 Å². The maximum Gasteiger partial charge on any atom is 0.345 e. The maximum atomic E-state index is 13.0. The van der Waals surface area contributed by atoms with Crippen molar-refractivity contribution in [3.63, 3.8) is 0 Å². The lowest BCUT2D eigenvalue weighted by molar-refractivity contribution is -0.140. The van der Waals surface area contributed by atoms with E-state index in [-0.39, 0.29) is 24.9 Å². The monoisotopic (exact) mass is 582 g/mol. The Morgan fingerprint density at radius 3 is 1.72 bits per heavy atom. The van der Waals surface area contributed by atoms with Crippen molar-refractivity contribution < 1.29 is 33.3 Å². The number of carbonyl (C=O) groups excluding carboxylic acids is 3. The molecular formula is C34H34N2O7. The molecule has 0 aliphatic rings. The van der Waals surface area contributed by atoms with Crippen LogP contribution < -0.4 is 25.3 Å². The van der Waals surface area contributed by atoms with Crippen molar-refractivity contribution in [2.75, 3.05) is 21.3 Å². The molecule has 9 nitrogen and oxygen atoms in total. The van der Waals surface area contributed by atoms with Crippen LogP contribution in [0.15, 0.2) is 91.0 Å². The predicted molar refractivity (Wildman–Crippen MR) is 163 cm³/mol. The summed E-state index contributed by atoms with van der Waals surface area (Å²) in [5.74, 6) is -0.874. The normalized spacial score (nSPS) is 11.3. The standard InChI is InChI=1S/C34H34N2O7/c1-40-29-19-22(20-30(41-2)32(29)42-3)21-36-28(17-18-31(35)37)34(39)43-33(38)27-15-13-26(14-16-27)25-11-9-24(10-12-25)23-7-5-4-6-8-23/h4-16,19-20,28,36H,17-18,21H2,1-3H3,(H2,35,37)/t28-/m0/s1. The molecule has 0 heterocycles. The summed E-state index contributed by atoms with van der Waals surface area (Å²) in [6.07, 6.45) is -0.0300. The van der Waals surface area contributed by atoms with Crippen molar-refractivity contribution in [3.8, 4) is 39.5 Å². The van der Waals surface area contributed by atoms with Gasteiger partial charge in [-0.15, -0.1) is 0 Å². The molecule has 0 radical (unpaired) electrons. The van der Waals surface area contributed by atoms with Crippen LogP contribution in [0.1, 0.15) is 28.8 Å². The Labute approximate surface area is 250 Å². The van der Waals surface area contributed by atoms with E-state index in [1.54, 1.807) is 36.4 Å². The van der Waals surface area contributed by atoms with Crippen LogP contribution in [0.25, 0.3) is 22.3 Å². The summed E-state index contributed by atoms with van der Waals surface area (Å²) >= 11 is 0. The second-order valence-electron chi connectivity index (χ2n) is 9.70. The van der Waals surface area contributed by atoms with Crippen molar-refractivity contribution in [3.05, 3.63) is 102 Å². The molecule has 0 unspecified atom stereocenters. The van der Waals surface area contributed by atoms with E-state index in [0.717, 1.165) is 22.3 Å². The van der Waals surface area contributed by atoms with Crippen LogP contribution >= 0.6 is 0 Å². The minimum atomic E-state index is -0.974. The zero-order valence-electron chi connectivity index (χ0n) is 24.3.